The van der Waals surface area contributed by atoms with Gasteiger partial charge in [0.2, 0.25) is 0 Å². The third-order valence-electron chi connectivity index (χ3n) is 4.44. The maximum atomic E-state index is 6.32. The first-order valence-electron chi connectivity index (χ1n) is 9.22. The van der Waals surface area contributed by atoms with E-state index in [1.807, 2.05) is 60.8 Å². The van der Waals surface area contributed by atoms with Crippen molar-refractivity contribution in [1.82, 2.24) is 25.3 Å². The molecule has 0 aliphatic rings. The van der Waals surface area contributed by atoms with Gasteiger partial charge in [-0.3, -0.25) is 4.98 Å². The van der Waals surface area contributed by atoms with E-state index in [0.29, 0.717) is 29.7 Å². The van der Waals surface area contributed by atoms with Crippen LogP contribution in [0, 0.1) is 0 Å². The fourth-order valence-electron chi connectivity index (χ4n) is 3.02. The molecule has 0 aliphatic heterocycles. The van der Waals surface area contributed by atoms with Crippen molar-refractivity contribution in [2.45, 2.75) is 19.6 Å². The highest BCUT2D eigenvalue weighted by molar-refractivity contribution is 6.35. The van der Waals surface area contributed by atoms with Crippen molar-refractivity contribution >= 4 is 23.2 Å². The standard InChI is InChI=1S/C22H19Cl2N5/c23-19-9-8-18(20(24)11-19)15-29-27-21(14-26-13-16-5-4-10-25-12-16)22(28-29)17-6-2-1-3-7-17/h1-12,26H,13-15H2. The van der Waals surface area contributed by atoms with E-state index in [9.17, 15) is 0 Å². The molecule has 4 aromatic rings. The van der Waals surface area contributed by atoms with Gasteiger partial charge in [-0.15, -0.1) is 0 Å². The van der Waals surface area contributed by atoms with Gasteiger partial charge in [0.15, 0.2) is 0 Å². The van der Waals surface area contributed by atoms with Crippen LogP contribution in [0.1, 0.15) is 16.8 Å². The van der Waals surface area contributed by atoms with Crippen LogP contribution < -0.4 is 5.32 Å². The Morgan fingerprint density at radius 2 is 1.76 bits per heavy atom. The molecule has 0 aliphatic carbocycles. The van der Waals surface area contributed by atoms with E-state index in [2.05, 4.69) is 10.3 Å². The van der Waals surface area contributed by atoms with Crippen LogP contribution in [0.4, 0.5) is 0 Å². The van der Waals surface area contributed by atoms with Crippen LogP contribution in [0.2, 0.25) is 10.0 Å². The molecule has 29 heavy (non-hydrogen) atoms. The molecular weight excluding hydrogens is 405 g/mol. The predicted octanol–water partition coefficient (Wildman–Crippen LogP) is 4.99. The minimum Gasteiger partial charge on any atom is -0.307 e. The van der Waals surface area contributed by atoms with E-state index in [1.54, 1.807) is 17.1 Å². The Balaban J connectivity index is 1.57. The van der Waals surface area contributed by atoms with E-state index in [4.69, 9.17) is 33.4 Å². The maximum absolute atomic E-state index is 6.32. The molecule has 2 aromatic carbocycles. The van der Waals surface area contributed by atoms with Gasteiger partial charge in [0.05, 0.1) is 6.54 Å². The van der Waals surface area contributed by atoms with E-state index < -0.39 is 0 Å². The van der Waals surface area contributed by atoms with Crippen LogP contribution in [0.3, 0.4) is 0 Å². The molecule has 0 saturated carbocycles. The number of hydrogen-bond acceptors (Lipinski definition) is 4. The molecule has 0 unspecified atom stereocenters. The number of pyridine rings is 1. The highest BCUT2D eigenvalue weighted by Gasteiger charge is 2.14. The van der Waals surface area contributed by atoms with Gasteiger partial charge in [-0.2, -0.15) is 15.0 Å². The molecule has 1 N–H and O–H groups in total. The predicted molar refractivity (Wildman–Crippen MR) is 116 cm³/mol. The number of nitrogens with one attached hydrogen (secondary N) is 1. The first-order valence-corrected chi connectivity index (χ1v) is 9.97. The van der Waals surface area contributed by atoms with Crippen LogP contribution in [0.15, 0.2) is 73.1 Å². The lowest BCUT2D eigenvalue weighted by molar-refractivity contribution is 0.576. The molecule has 2 heterocycles. The van der Waals surface area contributed by atoms with E-state index >= 15 is 0 Å². The smallest absolute Gasteiger partial charge is 0.117 e. The molecule has 0 bridgehead atoms. The lowest BCUT2D eigenvalue weighted by Gasteiger charge is -2.04. The summed E-state index contributed by atoms with van der Waals surface area (Å²) in [5.74, 6) is 0. The van der Waals surface area contributed by atoms with Crippen molar-refractivity contribution in [2.75, 3.05) is 0 Å². The second-order valence-corrected chi connectivity index (χ2v) is 7.44. The average molecular weight is 424 g/mol. The Hall–Kier alpha value is -2.73. The summed E-state index contributed by atoms with van der Waals surface area (Å²) in [6.07, 6.45) is 3.62. The van der Waals surface area contributed by atoms with Crippen LogP contribution >= 0.6 is 23.2 Å². The average Bonchev–Trinajstić information content (AvgIpc) is 3.14. The van der Waals surface area contributed by atoms with Crippen molar-refractivity contribution in [2.24, 2.45) is 0 Å². The number of benzene rings is 2. The summed E-state index contributed by atoms with van der Waals surface area (Å²) in [4.78, 5) is 5.83. The molecule has 5 nitrogen and oxygen atoms in total. The summed E-state index contributed by atoms with van der Waals surface area (Å²) in [7, 11) is 0. The molecule has 0 atom stereocenters. The first kappa shape index (κ1) is 19.6. The van der Waals surface area contributed by atoms with Crippen molar-refractivity contribution in [3.63, 3.8) is 0 Å². The van der Waals surface area contributed by atoms with Crippen LogP contribution in [0.5, 0.6) is 0 Å². The first-order chi connectivity index (χ1) is 14.2. The van der Waals surface area contributed by atoms with Gasteiger partial charge in [0.25, 0.3) is 0 Å². The van der Waals surface area contributed by atoms with Gasteiger partial charge in [0, 0.05) is 41.1 Å². The normalized spacial score (nSPS) is 11.0. The minimum atomic E-state index is 0.471. The third kappa shape index (κ3) is 5.01. The lowest BCUT2D eigenvalue weighted by Crippen LogP contribution is -2.14. The topological polar surface area (TPSA) is 55.6 Å². The van der Waals surface area contributed by atoms with Crippen molar-refractivity contribution < 1.29 is 0 Å². The summed E-state index contributed by atoms with van der Waals surface area (Å²) in [6.45, 7) is 1.77. The second kappa shape index (κ2) is 9.18. The summed E-state index contributed by atoms with van der Waals surface area (Å²) in [5, 5.41) is 14.1. The highest BCUT2D eigenvalue weighted by Crippen LogP contribution is 2.23. The number of hydrogen-bond donors (Lipinski definition) is 1. The molecule has 0 radical (unpaired) electrons. The van der Waals surface area contributed by atoms with Crippen LogP contribution in [-0.2, 0) is 19.6 Å². The van der Waals surface area contributed by atoms with Crippen molar-refractivity contribution in [1.29, 1.82) is 0 Å². The molecule has 0 amide bonds. The minimum absolute atomic E-state index is 0.471. The van der Waals surface area contributed by atoms with Gasteiger partial charge in [0.1, 0.15) is 11.4 Å². The zero-order valence-electron chi connectivity index (χ0n) is 15.6. The Morgan fingerprint density at radius 3 is 2.52 bits per heavy atom. The highest BCUT2D eigenvalue weighted by atomic mass is 35.5. The molecule has 0 fully saturated rings. The molecule has 0 spiro atoms. The number of aromatic nitrogens is 4. The lowest BCUT2D eigenvalue weighted by atomic mass is 10.1. The number of nitrogens with zero attached hydrogens (tertiary/aromatic N) is 4. The Kier molecular flexibility index (Phi) is 6.20. The summed E-state index contributed by atoms with van der Waals surface area (Å²) in [5.41, 5.74) is 4.80. The summed E-state index contributed by atoms with van der Waals surface area (Å²) >= 11 is 12.3. The largest absolute Gasteiger partial charge is 0.307 e. The van der Waals surface area contributed by atoms with Gasteiger partial charge in [-0.1, -0.05) is 65.7 Å². The van der Waals surface area contributed by atoms with Gasteiger partial charge in [-0.05, 0) is 29.3 Å². The third-order valence-corrected chi connectivity index (χ3v) is 5.03. The number of rotatable bonds is 7. The molecule has 4 rings (SSSR count). The SMILES string of the molecule is Clc1ccc(Cn2nc(CNCc3cccnc3)c(-c3ccccc3)n2)c(Cl)c1. The fourth-order valence-corrected chi connectivity index (χ4v) is 3.49. The van der Waals surface area contributed by atoms with Gasteiger partial charge < -0.3 is 5.32 Å². The Morgan fingerprint density at radius 1 is 0.897 bits per heavy atom. The van der Waals surface area contributed by atoms with Gasteiger partial charge in [-0.25, -0.2) is 0 Å². The van der Waals surface area contributed by atoms with Crippen molar-refractivity contribution in [3.05, 3.63) is 99.9 Å². The van der Waals surface area contributed by atoms with Crippen LogP contribution in [0.25, 0.3) is 11.3 Å². The van der Waals surface area contributed by atoms with E-state index in [0.717, 1.165) is 28.1 Å². The molecular formula is C22H19Cl2N5. The summed E-state index contributed by atoms with van der Waals surface area (Å²) in [6, 6.07) is 19.5. The number of halogens is 2. The molecule has 146 valence electrons. The van der Waals surface area contributed by atoms with E-state index in [1.165, 1.54) is 0 Å². The zero-order chi connectivity index (χ0) is 20.1. The zero-order valence-corrected chi connectivity index (χ0v) is 17.1. The quantitative estimate of drug-likeness (QED) is 0.455. The summed E-state index contributed by atoms with van der Waals surface area (Å²) < 4.78 is 0. The molecule has 0 saturated heterocycles. The fraction of sp³-hybridized carbons (Fsp3) is 0.136. The maximum Gasteiger partial charge on any atom is 0.117 e. The van der Waals surface area contributed by atoms with Crippen LogP contribution in [-0.4, -0.2) is 20.0 Å². The van der Waals surface area contributed by atoms with E-state index in [-0.39, 0.29) is 0 Å². The molecule has 7 heteroatoms. The molecule has 2 aromatic heterocycles. The van der Waals surface area contributed by atoms with Gasteiger partial charge >= 0.3 is 0 Å². The monoisotopic (exact) mass is 423 g/mol. The second-order valence-electron chi connectivity index (χ2n) is 6.59. The van der Waals surface area contributed by atoms with Crippen molar-refractivity contribution in [3.8, 4) is 11.3 Å². The Labute approximate surface area is 179 Å². The Bertz CT molecular complexity index is 1080.